The fourth-order valence-electron chi connectivity index (χ4n) is 1.84. The summed E-state index contributed by atoms with van der Waals surface area (Å²) in [6.07, 6.45) is -0.655. The molecule has 6 heteroatoms. The van der Waals surface area contributed by atoms with E-state index in [1.807, 2.05) is 0 Å². The lowest BCUT2D eigenvalue weighted by Crippen LogP contribution is -2.43. The molecule has 0 saturated carbocycles. The summed E-state index contributed by atoms with van der Waals surface area (Å²) in [7, 11) is 1.62. The van der Waals surface area contributed by atoms with Gasteiger partial charge in [0.15, 0.2) is 0 Å². The maximum Gasteiger partial charge on any atom is 0.332 e. The van der Waals surface area contributed by atoms with E-state index in [0.717, 1.165) is 4.57 Å². The second-order valence-corrected chi connectivity index (χ2v) is 4.75. The van der Waals surface area contributed by atoms with E-state index in [4.69, 9.17) is 5.73 Å². The highest BCUT2D eigenvalue weighted by Gasteiger charge is 2.14. The predicted octanol–water partition coefficient (Wildman–Crippen LogP) is 0.940. The van der Waals surface area contributed by atoms with Crippen LogP contribution < -0.4 is 17.0 Å². The van der Waals surface area contributed by atoms with Crippen LogP contribution in [0.1, 0.15) is 13.1 Å². The second-order valence-electron chi connectivity index (χ2n) is 3.89. The summed E-state index contributed by atoms with van der Waals surface area (Å²) in [4.78, 5) is 24.2. The van der Waals surface area contributed by atoms with Gasteiger partial charge in [0.2, 0.25) is 0 Å². The minimum absolute atomic E-state index is 0.370. The lowest BCUT2D eigenvalue weighted by molar-refractivity contribution is 0.511. The number of rotatable bonds is 1. The highest BCUT2D eigenvalue weighted by Crippen LogP contribution is 2.19. The Labute approximate surface area is 106 Å². The molecule has 1 aromatic heterocycles. The largest absolute Gasteiger partial charge is 0.332 e. The minimum Gasteiger partial charge on any atom is -0.311 e. The molecular formula is C11H12BrN3O2. The predicted molar refractivity (Wildman–Crippen MR) is 70.0 cm³/mol. The molecule has 0 aliphatic rings. The van der Waals surface area contributed by atoms with Gasteiger partial charge in [-0.25, -0.2) is 9.36 Å². The standard InChI is InChI=1S/C11H12BrN3O2/c1-6(13)15-10(16)9-7(12)4-3-5-8(9)14(2)11(15)17/h3-6H,13H2,1-2H3. The van der Waals surface area contributed by atoms with Crippen LogP contribution in [-0.4, -0.2) is 9.13 Å². The Morgan fingerprint density at radius 2 is 2.00 bits per heavy atom. The number of hydrogen-bond acceptors (Lipinski definition) is 3. The van der Waals surface area contributed by atoms with Crippen molar-refractivity contribution in [2.75, 3.05) is 0 Å². The van der Waals surface area contributed by atoms with Crippen molar-refractivity contribution in [3.63, 3.8) is 0 Å². The van der Waals surface area contributed by atoms with Crippen LogP contribution >= 0.6 is 15.9 Å². The van der Waals surface area contributed by atoms with E-state index in [1.54, 1.807) is 32.2 Å². The van der Waals surface area contributed by atoms with Crippen molar-refractivity contribution < 1.29 is 0 Å². The van der Waals surface area contributed by atoms with Crippen LogP contribution in [0.25, 0.3) is 10.9 Å². The molecule has 5 nitrogen and oxygen atoms in total. The van der Waals surface area contributed by atoms with Crippen LogP contribution in [0.5, 0.6) is 0 Å². The van der Waals surface area contributed by atoms with Crippen LogP contribution in [0.15, 0.2) is 32.3 Å². The zero-order valence-electron chi connectivity index (χ0n) is 9.48. The van der Waals surface area contributed by atoms with Gasteiger partial charge < -0.3 is 5.73 Å². The van der Waals surface area contributed by atoms with E-state index in [0.29, 0.717) is 15.4 Å². The SMILES string of the molecule is CC(N)n1c(=O)c2c(Br)cccc2n(C)c1=O. The summed E-state index contributed by atoms with van der Waals surface area (Å²) in [5.41, 5.74) is 5.47. The third-order valence-corrected chi connectivity index (χ3v) is 3.35. The van der Waals surface area contributed by atoms with Crippen molar-refractivity contribution in [1.82, 2.24) is 9.13 Å². The number of halogens is 1. The zero-order valence-corrected chi connectivity index (χ0v) is 11.1. The lowest BCUT2D eigenvalue weighted by atomic mass is 10.2. The van der Waals surface area contributed by atoms with Crippen molar-refractivity contribution in [2.24, 2.45) is 12.8 Å². The van der Waals surface area contributed by atoms with Crippen molar-refractivity contribution >= 4 is 26.8 Å². The quantitative estimate of drug-likeness (QED) is 0.852. The Kier molecular flexibility index (Phi) is 2.92. The van der Waals surface area contributed by atoms with Crippen molar-refractivity contribution in [3.8, 4) is 0 Å². The molecule has 0 bridgehead atoms. The Balaban J connectivity index is 3.13. The first-order valence-electron chi connectivity index (χ1n) is 5.10. The van der Waals surface area contributed by atoms with Crippen LogP contribution in [0.3, 0.4) is 0 Å². The van der Waals surface area contributed by atoms with Gasteiger partial charge >= 0.3 is 5.69 Å². The molecule has 2 aromatic rings. The summed E-state index contributed by atoms with van der Waals surface area (Å²) in [5.74, 6) is 0. The molecule has 0 spiro atoms. The van der Waals surface area contributed by atoms with E-state index in [9.17, 15) is 9.59 Å². The second kappa shape index (κ2) is 4.12. The van der Waals surface area contributed by atoms with E-state index in [2.05, 4.69) is 15.9 Å². The van der Waals surface area contributed by atoms with Gasteiger partial charge in [0, 0.05) is 11.5 Å². The molecule has 1 unspecified atom stereocenters. The number of hydrogen-bond donors (Lipinski definition) is 1. The maximum atomic E-state index is 12.2. The molecule has 0 amide bonds. The molecule has 0 fully saturated rings. The molecule has 0 aliphatic heterocycles. The van der Waals surface area contributed by atoms with Crippen LogP contribution in [0.4, 0.5) is 0 Å². The first kappa shape index (κ1) is 12.1. The third kappa shape index (κ3) is 1.73. The van der Waals surface area contributed by atoms with E-state index >= 15 is 0 Å². The average Bonchev–Trinajstić information content (AvgIpc) is 2.25. The van der Waals surface area contributed by atoms with Gasteiger partial charge in [0.05, 0.1) is 17.1 Å². The summed E-state index contributed by atoms with van der Waals surface area (Å²) in [6.45, 7) is 1.60. The topological polar surface area (TPSA) is 70.0 Å². The molecule has 0 radical (unpaired) electrons. The summed E-state index contributed by atoms with van der Waals surface area (Å²) in [5, 5.41) is 0.465. The third-order valence-electron chi connectivity index (χ3n) is 2.69. The Bertz CT molecular complexity index is 700. The fourth-order valence-corrected chi connectivity index (χ4v) is 2.36. The van der Waals surface area contributed by atoms with E-state index < -0.39 is 11.9 Å². The van der Waals surface area contributed by atoms with Gasteiger partial charge in [-0.3, -0.25) is 9.36 Å². The van der Waals surface area contributed by atoms with E-state index in [-0.39, 0.29) is 5.56 Å². The minimum atomic E-state index is -0.655. The number of benzene rings is 1. The lowest BCUT2D eigenvalue weighted by Gasteiger charge is -2.13. The van der Waals surface area contributed by atoms with E-state index in [1.165, 1.54) is 4.57 Å². The number of nitrogens with zero attached hydrogens (tertiary/aromatic N) is 2. The molecule has 1 aromatic carbocycles. The first-order valence-corrected chi connectivity index (χ1v) is 5.89. The van der Waals surface area contributed by atoms with Gasteiger partial charge in [-0.2, -0.15) is 0 Å². The number of aryl methyl sites for hydroxylation is 1. The highest BCUT2D eigenvalue weighted by atomic mass is 79.9. The summed E-state index contributed by atoms with van der Waals surface area (Å²) < 4.78 is 3.13. The fraction of sp³-hybridized carbons (Fsp3) is 0.273. The maximum absolute atomic E-state index is 12.2. The number of aromatic nitrogens is 2. The average molecular weight is 298 g/mol. The molecule has 1 atom stereocenters. The van der Waals surface area contributed by atoms with Crippen LogP contribution in [-0.2, 0) is 7.05 Å². The molecule has 2 rings (SSSR count). The van der Waals surface area contributed by atoms with Crippen LogP contribution in [0, 0.1) is 0 Å². The smallest absolute Gasteiger partial charge is 0.311 e. The Hall–Kier alpha value is -1.40. The zero-order chi connectivity index (χ0) is 12.7. The number of nitrogens with two attached hydrogens (primary N) is 1. The summed E-state index contributed by atoms with van der Waals surface area (Å²) in [6, 6.07) is 5.27. The van der Waals surface area contributed by atoms with Gasteiger partial charge in [-0.1, -0.05) is 6.07 Å². The number of fused-ring (bicyclic) bond motifs is 1. The molecule has 2 N–H and O–H groups in total. The van der Waals surface area contributed by atoms with Gasteiger partial charge in [-0.05, 0) is 35.0 Å². The summed E-state index contributed by atoms with van der Waals surface area (Å²) >= 11 is 3.32. The molecule has 90 valence electrons. The molecule has 0 saturated heterocycles. The molecule has 1 heterocycles. The highest BCUT2D eigenvalue weighted by molar-refractivity contribution is 9.10. The normalized spacial score (nSPS) is 12.9. The van der Waals surface area contributed by atoms with Crippen molar-refractivity contribution in [2.45, 2.75) is 13.1 Å². The van der Waals surface area contributed by atoms with Crippen molar-refractivity contribution in [1.29, 1.82) is 0 Å². The van der Waals surface area contributed by atoms with Gasteiger partial charge in [0.1, 0.15) is 0 Å². The van der Waals surface area contributed by atoms with Crippen LogP contribution in [0.2, 0.25) is 0 Å². The van der Waals surface area contributed by atoms with Gasteiger partial charge in [-0.15, -0.1) is 0 Å². The molecule has 17 heavy (non-hydrogen) atoms. The Morgan fingerprint density at radius 1 is 1.35 bits per heavy atom. The first-order chi connectivity index (χ1) is 7.95. The Morgan fingerprint density at radius 3 is 2.59 bits per heavy atom. The monoisotopic (exact) mass is 297 g/mol. The molecule has 0 aliphatic carbocycles. The van der Waals surface area contributed by atoms with Gasteiger partial charge in [0.25, 0.3) is 5.56 Å². The molecular weight excluding hydrogens is 286 g/mol. The van der Waals surface area contributed by atoms with Crippen molar-refractivity contribution in [3.05, 3.63) is 43.5 Å².